The number of fused-ring (bicyclic) bond motifs is 1. The number of carbonyl (C=O) groups is 1. The summed E-state index contributed by atoms with van der Waals surface area (Å²) in [6.07, 6.45) is 7.56. The van der Waals surface area contributed by atoms with Gasteiger partial charge in [-0.1, -0.05) is 6.92 Å². The number of halogens is 1. The topological polar surface area (TPSA) is 106 Å². The monoisotopic (exact) mass is 586 g/mol. The van der Waals surface area contributed by atoms with Gasteiger partial charge in [-0.15, -0.1) is 0 Å². The Bertz CT molecular complexity index is 1570. The zero-order valence-corrected chi connectivity index (χ0v) is 26.2. The maximum absolute atomic E-state index is 14.9. The summed E-state index contributed by atoms with van der Waals surface area (Å²) in [7, 11) is 0. The molecular weight excluding hydrogens is 543 g/mol. The quantitative estimate of drug-likeness (QED) is 0.251. The fourth-order valence-corrected chi connectivity index (χ4v) is 5.83. The lowest BCUT2D eigenvalue weighted by Crippen LogP contribution is -2.63. The van der Waals surface area contributed by atoms with Crippen molar-refractivity contribution in [2.45, 2.75) is 78.6 Å². The highest BCUT2D eigenvalue weighted by Gasteiger charge is 2.46. The third-order valence-electron chi connectivity index (χ3n) is 7.88. The molecule has 0 bridgehead atoms. The number of anilines is 1. The van der Waals surface area contributed by atoms with E-state index in [0.717, 1.165) is 28.7 Å². The van der Waals surface area contributed by atoms with Crippen molar-refractivity contribution in [2.75, 3.05) is 24.5 Å². The highest BCUT2D eigenvalue weighted by atomic mass is 19.1. The van der Waals surface area contributed by atoms with Gasteiger partial charge in [0, 0.05) is 66.3 Å². The predicted molar refractivity (Wildman–Crippen MR) is 169 cm³/mol. The lowest BCUT2D eigenvalue weighted by Gasteiger charge is -2.50. The summed E-state index contributed by atoms with van der Waals surface area (Å²) in [5.74, 6) is -0.769. The first-order valence-electron chi connectivity index (χ1n) is 14.9. The van der Waals surface area contributed by atoms with Crippen LogP contribution in [0.2, 0.25) is 0 Å². The molecule has 5 rings (SSSR count). The molecule has 2 N–H and O–H groups in total. The van der Waals surface area contributed by atoms with Crippen LogP contribution in [0.3, 0.4) is 0 Å². The van der Waals surface area contributed by atoms with Crippen molar-refractivity contribution in [1.82, 2.24) is 30.0 Å². The summed E-state index contributed by atoms with van der Waals surface area (Å²) in [5, 5.41) is 17.8. The van der Waals surface area contributed by atoms with Crippen LogP contribution in [0.5, 0.6) is 0 Å². The van der Waals surface area contributed by atoms with Gasteiger partial charge in [0.1, 0.15) is 17.0 Å². The van der Waals surface area contributed by atoms with Crippen molar-refractivity contribution in [3.05, 3.63) is 66.5 Å². The van der Waals surface area contributed by atoms with Gasteiger partial charge in [0.15, 0.2) is 0 Å². The molecule has 0 aliphatic carbocycles. The lowest BCUT2D eigenvalue weighted by atomic mass is 9.86. The Hall–Kier alpha value is -4.23. The van der Waals surface area contributed by atoms with E-state index in [1.54, 1.807) is 24.5 Å². The number of carbonyl (C=O) groups excluding carboxylic acids is 1. The molecule has 0 unspecified atom stereocenters. The first-order valence-corrected chi connectivity index (χ1v) is 14.9. The Labute approximate surface area is 253 Å². The second-order valence-electron chi connectivity index (χ2n) is 12.0. The lowest BCUT2D eigenvalue weighted by molar-refractivity contribution is 0.0942. The van der Waals surface area contributed by atoms with Gasteiger partial charge in [0.05, 0.1) is 24.4 Å². The summed E-state index contributed by atoms with van der Waals surface area (Å²) < 4.78 is 16.7. The molecule has 43 heavy (non-hydrogen) atoms. The molecule has 0 spiro atoms. The van der Waals surface area contributed by atoms with Crippen molar-refractivity contribution in [1.29, 1.82) is 5.26 Å². The number of nitrogens with zero attached hydrogens (tertiary/aromatic N) is 6. The molecule has 0 saturated carbocycles. The van der Waals surface area contributed by atoms with Crippen LogP contribution in [-0.2, 0) is 5.54 Å². The number of hydrogen-bond acceptors (Lipinski definition) is 6. The Balaban J connectivity index is 0.000000410. The maximum atomic E-state index is 14.9. The largest absolute Gasteiger partial charge is 0.364 e. The number of aromatic amines is 1. The van der Waals surface area contributed by atoms with Gasteiger partial charge >= 0.3 is 0 Å². The predicted octanol–water partition coefficient (Wildman–Crippen LogP) is 5.96. The van der Waals surface area contributed by atoms with Crippen LogP contribution in [0.1, 0.15) is 65.2 Å². The van der Waals surface area contributed by atoms with Crippen molar-refractivity contribution < 1.29 is 9.18 Å². The minimum Gasteiger partial charge on any atom is -0.364 e. The zero-order chi connectivity index (χ0) is 31.3. The number of hydrogen-bond donors (Lipinski definition) is 2. The van der Waals surface area contributed by atoms with Gasteiger partial charge in [-0.05, 0) is 84.0 Å². The van der Waals surface area contributed by atoms with Crippen molar-refractivity contribution >= 4 is 22.6 Å². The average Bonchev–Trinajstić information content (AvgIpc) is 3.61. The van der Waals surface area contributed by atoms with E-state index >= 15 is 0 Å². The number of aromatic nitrogens is 4. The second kappa shape index (κ2) is 13.4. The third-order valence-corrected chi connectivity index (χ3v) is 7.88. The van der Waals surface area contributed by atoms with Gasteiger partial charge in [-0.25, -0.2) is 9.37 Å². The minimum absolute atomic E-state index is 0.0309. The highest BCUT2D eigenvalue weighted by molar-refractivity contribution is 5.95. The van der Waals surface area contributed by atoms with Crippen LogP contribution in [0.4, 0.5) is 10.1 Å². The Morgan fingerprint density at radius 3 is 2.47 bits per heavy atom. The molecule has 0 atom stereocenters. The molecular formula is C33H43FN8O. The second-order valence-corrected chi connectivity index (χ2v) is 12.0. The van der Waals surface area contributed by atoms with Gasteiger partial charge in [0.2, 0.25) is 0 Å². The summed E-state index contributed by atoms with van der Waals surface area (Å²) >= 11 is 0. The van der Waals surface area contributed by atoms with E-state index in [0.29, 0.717) is 30.9 Å². The molecule has 1 saturated heterocycles. The zero-order valence-electron chi connectivity index (χ0n) is 26.2. The van der Waals surface area contributed by atoms with Crippen LogP contribution < -0.4 is 10.2 Å². The molecule has 9 nitrogen and oxygen atoms in total. The normalized spacial score (nSPS) is 14.2. The first kappa shape index (κ1) is 31.7. The fourth-order valence-electron chi connectivity index (χ4n) is 5.83. The SMILES string of the molecule is CC(C)NC(=O)c1ccc(N2CC(CC#N)(n3cc(-c4ccnc5[nH]ccc45)cn3)C2)c(F)c1.CCN(C(C)C)C(C)C. The highest BCUT2D eigenvalue weighted by Crippen LogP contribution is 2.38. The van der Waals surface area contributed by atoms with Crippen LogP contribution in [0, 0.1) is 17.1 Å². The molecule has 1 amide bonds. The van der Waals surface area contributed by atoms with Crippen molar-refractivity contribution in [3.8, 4) is 17.2 Å². The third kappa shape index (κ3) is 6.89. The van der Waals surface area contributed by atoms with Gasteiger partial charge in [0.25, 0.3) is 5.91 Å². The smallest absolute Gasteiger partial charge is 0.251 e. The Morgan fingerprint density at radius 1 is 1.16 bits per heavy atom. The van der Waals surface area contributed by atoms with Crippen LogP contribution >= 0.6 is 0 Å². The average molecular weight is 587 g/mol. The molecule has 4 heterocycles. The number of nitriles is 1. The maximum Gasteiger partial charge on any atom is 0.251 e. The van der Waals surface area contributed by atoms with Gasteiger partial charge in [-0.2, -0.15) is 10.4 Å². The first-order chi connectivity index (χ1) is 20.5. The molecule has 4 aromatic rings. The molecule has 0 radical (unpaired) electrons. The molecule has 228 valence electrons. The van der Waals surface area contributed by atoms with E-state index in [9.17, 15) is 14.4 Å². The Morgan fingerprint density at radius 2 is 1.88 bits per heavy atom. The molecule has 3 aromatic heterocycles. The van der Waals surface area contributed by atoms with Gasteiger partial charge < -0.3 is 15.2 Å². The number of amides is 1. The van der Waals surface area contributed by atoms with E-state index in [1.807, 2.05) is 48.0 Å². The van der Waals surface area contributed by atoms with E-state index in [-0.39, 0.29) is 23.9 Å². The van der Waals surface area contributed by atoms with E-state index in [2.05, 4.69) is 66.0 Å². The minimum atomic E-state index is -0.558. The van der Waals surface area contributed by atoms with E-state index in [4.69, 9.17) is 0 Å². The van der Waals surface area contributed by atoms with E-state index < -0.39 is 11.4 Å². The van der Waals surface area contributed by atoms with Crippen LogP contribution in [-0.4, -0.2) is 68.3 Å². The molecule has 1 aliphatic heterocycles. The Kier molecular flexibility index (Phi) is 9.87. The van der Waals surface area contributed by atoms with Gasteiger partial charge in [-0.3, -0.25) is 14.4 Å². The van der Waals surface area contributed by atoms with Crippen molar-refractivity contribution in [2.24, 2.45) is 0 Å². The molecule has 1 aromatic carbocycles. The van der Waals surface area contributed by atoms with E-state index in [1.165, 1.54) is 6.07 Å². The number of pyridine rings is 1. The number of benzene rings is 1. The number of rotatable bonds is 9. The molecule has 1 aliphatic rings. The summed E-state index contributed by atoms with van der Waals surface area (Å²) in [6, 6.07) is 12.0. The summed E-state index contributed by atoms with van der Waals surface area (Å²) in [4.78, 5) is 24.0. The molecule has 1 fully saturated rings. The standard InChI is InChI=1S/C25H24FN7O.C8H19N/c1-16(2)31-24(34)17-3-4-22(21(26)11-17)32-14-25(15-32,7-8-27)33-13-18(12-30-33)19-5-9-28-23-20(19)6-10-29-23;1-6-9(7(2)3)8(4)5/h3-6,9-13,16H,7,14-15H2,1-2H3,(H,28,29)(H,31,34);7-8H,6H2,1-5H3. The van der Waals surface area contributed by atoms with Crippen molar-refractivity contribution in [3.63, 3.8) is 0 Å². The number of H-pyrrole nitrogens is 1. The summed E-state index contributed by atoms with van der Waals surface area (Å²) in [6.45, 7) is 16.9. The number of nitrogens with one attached hydrogen (secondary N) is 2. The molecule has 10 heteroatoms. The summed E-state index contributed by atoms with van der Waals surface area (Å²) in [5.41, 5.74) is 2.86. The fraction of sp³-hybridized carbons (Fsp3) is 0.455. The van der Waals surface area contributed by atoms with Crippen LogP contribution in [0.15, 0.2) is 55.1 Å². The van der Waals surface area contributed by atoms with Crippen LogP contribution in [0.25, 0.3) is 22.2 Å².